The summed E-state index contributed by atoms with van der Waals surface area (Å²) in [6.45, 7) is 0.660. The number of carboxylic acids is 2. The van der Waals surface area contributed by atoms with Crippen molar-refractivity contribution in [2.45, 2.75) is 69.1 Å². The molecule has 2 rings (SSSR count). The first kappa shape index (κ1) is 28.2. The zero-order valence-corrected chi connectivity index (χ0v) is 19.5. The summed E-state index contributed by atoms with van der Waals surface area (Å²) in [4.78, 5) is 78.9. The molecule has 0 saturated carbocycles. The van der Waals surface area contributed by atoms with Gasteiger partial charge in [-0.3, -0.25) is 24.0 Å². The number of imidazole rings is 1. The van der Waals surface area contributed by atoms with Gasteiger partial charge in [0.05, 0.1) is 12.4 Å². The van der Waals surface area contributed by atoms with Gasteiger partial charge in [0, 0.05) is 31.2 Å². The molecule has 1 aromatic rings. The molecule has 9 N–H and O–H groups in total. The summed E-state index contributed by atoms with van der Waals surface area (Å²) < 4.78 is 0. The Labute approximate surface area is 206 Å². The summed E-state index contributed by atoms with van der Waals surface area (Å²) in [6, 6.07) is -4.52. The number of nitrogens with one attached hydrogen (secondary N) is 5. The fourth-order valence-corrected chi connectivity index (χ4v) is 3.63. The van der Waals surface area contributed by atoms with Crippen molar-refractivity contribution < 1.29 is 39.0 Å². The Kier molecular flexibility index (Phi) is 10.8. The number of aromatic nitrogens is 2. The summed E-state index contributed by atoms with van der Waals surface area (Å²) in [5.74, 6) is -5.56. The van der Waals surface area contributed by atoms with Crippen LogP contribution in [0.5, 0.6) is 0 Å². The van der Waals surface area contributed by atoms with Crippen LogP contribution in [0.25, 0.3) is 0 Å². The van der Waals surface area contributed by atoms with E-state index in [4.69, 9.17) is 10.8 Å². The fraction of sp³-hybridized carbons (Fsp3) is 0.571. The van der Waals surface area contributed by atoms with E-state index in [0.717, 1.165) is 6.42 Å². The van der Waals surface area contributed by atoms with Crippen molar-refractivity contribution in [2.24, 2.45) is 5.73 Å². The van der Waals surface area contributed by atoms with Crippen LogP contribution in [-0.2, 0) is 35.2 Å². The number of amides is 4. The Balaban J connectivity index is 2.15. The molecule has 0 radical (unpaired) electrons. The van der Waals surface area contributed by atoms with E-state index < -0.39 is 66.2 Å². The van der Waals surface area contributed by atoms with Crippen LogP contribution in [0.2, 0.25) is 0 Å². The number of H-pyrrole nitrogens is 1. The topological polar surface area (TPSA) is 246 Å². The summed E-state index contributed by atoms with van der Waals surface area (Å²) in [6.07, 6.45) is 2.82. The average molecular weight is 510 g/mol. The second-order valence-electron chi connectivity index (χ2n) is 8.39. The molecule has 198 valence electrons. The molecule has 4 amide bonds. The Bertz CT molecular complexity index is 946. The average Bonchev–Trinajstić information content (AvgIpc) is 3.52. The van der Waals surface area contributed by atoms with Crippen molar-refractivity contribution in [1.82, 2.24) is 31.2 Å². The van der Waals surface area contributed by atoms with Crippen molar-refractivity contribution in [3.05, 3.63) is 18.2 Å². The van der Waals surface area contributed by atoms with Gasteiger partial charge in [-0.15, -0.1) is 0 Å². The zero-order valence-electron chi connectivity index (χ0n) is 19.5. The molecule has 36 heavy (non-hydrogen) atoms. The van der Waals surface area contributed by atoms with Gasteiger partial charge in [0.2, 0.25) is 23.6 Å². The molecule has 0 aromatic carbocycles. The van der Waals surface area contributed by atoms with Crippen LogP contribution >= 0.6 is 0 Å². The van der Waals surface area contributed by atoms with Crippen molar-refractivity contribution in [1.29, 1.82) is 0 Å². The highest BCUT2D eigenvalue weighted by Gasteiger charge is 2.32. The van der Waals surface area contributed by atoms with Gasteiger partial charge >= 0.3 is 11.9 Å². The van der Waals surface area contributed by atoms with Crippen LogP contribution in [-0.4, -0.2) is 86.5 Å². The third-order valence-electron chi connectivity index (χ3n) is 5.56. The number of aromatic amines is 1. The predicted molar refractivity (Wildman–Crippen MR) is 122 cm³/mol. The lowest BCUT2D eigenvalue weighted by atomic mass is 10.1. The largest absolute Gasteiger partial charge is 0.481 e. The number of aliphatic carboxylic acids is 2. The normalized spacial score (nSPS) is 17.4. The molecule has 4 atom stereocenters. The Morgan fingerprint density at radius 1 is 1.00 bits per heavy atom. The molecule has 4 unspecified atom stereocenters. The van der Waals surface area contributed by atoms with Crippen LogP contribution in [0.3, 0.4) is 0 Å². The number of nitrogens with two attached hydrogens (primary N) is 1. The summed E-state index contributed by atoms with van der Waals surface area (Å²) in [5.41, 5.74) is 5.57. The third-order valence-corrected chi connectivity index (χ3v) is 5.56. The number of carbonyl (C=O) groups excluding carboxylic acids is 4. The second-order valence-corrected chi connectivity index (χ2v) is 8.39. The van der Waals surface area contributed by atoms with Gasteiger partial charge in [-0.25, -0.2) is 9.78 Å². The van der Waals surface area contributed by atoms with Gasteiger partial charge in [-0.1, -0.05) is 0 Å². The van der Waals surface area contributed by atoms with E-state index in [0.29, 0.717) is 18.7 Å². The van der Waals surface area contributed by atoms with E-state index in [1.807, 2.05) is 0 Å². The lowest BCUT2D eigenvalue weighted by molar-refractivity contribution is -0.143. The van der Waals surface area contributed by atoms with E-state index in [9.17, 15) is 33.9 Å². The van der Waals surface area contributed by atoms with Gasteiger partial charge in [-0.05, 0) is 32.2 Å². The quantitative estimate of drug-likeness (QED) is 0.122. The summed E-state index contributed by atoms with van der Waals surface area (Å²) >= 11 is 0. The van der Waals surface area contributed by atoms with Gasteiger partial charge in [0.15, 0.2) is 0 Å². The van der Waals surface area contributed by atoms with Gasteiger partial charge in [0.25, 0.3) is 0 Å². The van der Waals surface area contributed by atoms with Crippen LogP contribution < -0.4 is 27.0 Å². The second kappa shape index (κ2) is 13.8. The van der Waals surface area contributed by atoms with Crippen molar-refractivity contribution >= 4 is 35.6 Å². The summed E-state index contributed by atoms with van der Waals surface area (Å²) in [5, 5.41) is 28.7. The molecular formula is C21H31N7O8. The SMILES string of the molecule is NC(=O)CCC(NC(=O)C(CCC(=O)O)NC(=O)C(Cc1cnc[nH]1)NC(=O)C1CCCN1)C(=O)O. The number of hydrogen-bond acceptors (Lipinski definition) is 8. The minimum atomic E-state index is -1.48. The molecule has 1 aliphatic heterocycles. The fourth-order valence-electron chi connectivity index (χ4n) is 3.63. The number of nitrogens with zero attached hydrogens (tertiary/aromatic N) is 1. The van der Waals surface area contributed by atoms with Crippen LogP contribution in [0.4, 0.5) is 0 Å². The first-order chi connectivity index (χ1) is 17.1. The van der Waals surface area contributed by atoms with Crippen LogP contribution in [0.1, 0.15) is 44.2 Å². The molecular weight excluding hydrogens is 478 g/mol. The molecule has 15 nitrogen and oxygen atoms in total. The maximum atomic E-state index is 13.1. The number of carboxylic acid groups (broad SMARTS) is 2. The third kappa shape index (κ3) is 9.32. The Hall–Kier alpha value is -4.01. The number of carbonyl (C=O) groups is 6. The Morgan fingerprint density at radius 2 is 1.67 bits per heavy atom. The smallest absolute Gasteiger partial charge is 0.326 e. The molecule has 1 aromatic heterocycles. The minimum absolute atomic E-state index is 0.00786. The highest BCUT2D eigenvalue weighted by molar-refractivity contribution is 5.94. The molecule has 1 saturated heterocycles. The maximum Gasteiger partial charge on any atom is 0.326 e. The Morgan fingerprint density at radius 3 is 2.22 bits per heavy atom. The van der Waals surface area contributed by atoms with E-state index in [1.165, 1.54) is 12.5 Å². The first-order valence-electron chi connectivity index (χ1n) is 11.4. The van der Waals surface area contributed by atoms with E-state index in [1.54, 1.807) is 0 Å². The van der Waals surface area contributed by atoms with Gasteiger partial charge in [0.1, 0.15) is 18.1 Å². The zero-order chi connectivity index (χ0) is 26.7. The van der Waals surface area contributed by atoms with E-state index in [-0.39, 0.29) is 25.7 Å². The van der Waals surface area contributed by atoms with Crippen molar-refractivity contribution in [3.63, 3.8) is 0 Å². The van der Waals surface area contributed by atoms with E-state index in [2.05, 4.69) is 31.2 Å². The molecule has 2 heterocycles. The molecule has 1 aliphatic rings. The van der Waals surface area contributed by atoms with E-state index >= 15 is 0 Å². The minimum Gasteiger partial charge on any atom is -0.481 e. The lowest BCUT2D eigenvalue weighted by Gasteiger charge is -2.25. The standard InChI is InChI=1S/C21H31N7O8/c22-16(29)5-3-14(21(35)36)27-19(33)13(4-6-17(30)31)26-20(34)15(8-11-9-23-10-25-11)28-18(32)12-2-1-7-24-12/h9-10,12-15,24H,1-8H2,(H2,22,29)(H,23,25)(H,26,34)(H,27,33)(H,28,32)(H,30,31)(H,35,36). The number of rotatable bonds is 15. The van der Waals surface area contributed by atoms with Gasteiger partial charge in [-0.2, -0.15) is 0 Å². The monoisotopic (exact) mass is 509 g/mol. The first-order valence-corrected chi connectivity index (χ1v) is 11.4. The molecule has 0 bridgehead atoms. The molecule has 0 spiro atoms. The van der Waals surface area contributed by atoms with Crippen LogP contribution in [0, 0.1) is 0 Å². The number of hydrogen-bond donors (Lipinski definition) is 8. The van der Waals surface area contributed by atoms with Crippen molar-refractivity contribution in [2.75, 3.05) is 6.54 Å². The molecule has 1 fully saturated rings. The maximum absolute atomic E-state index is 13.1. The molecule has 0 aliphatic carbocycles. The van der Waals surface area contributed by atoms with Gasteiger partial charge < -0.3 is 42.2 Å². The van der Waals surface area contributed by atoms with Crippen LogP contribution in [0.15, 0.2) is 12.5 Å². The molecule has 15 heteroatoms. The highest BCUT2D eigenvalue weighted by atomic mass is 16.4. The van der Waals surface area contributed by atoms with Crippen molar-refractivity contribution in [3.8, 4) is 0 Å². The predicted octanol–water partition coefficient (Wildman–Crippen LogP) is -2.63. The highest BCUT2D eigenvalue weighted by Crippen LogP contribution is 2.08. The summed E-state index contributed by atoms with van der Waals surface area (Å²) in [7, 11) is 0. The lowest BCUT2D eigenvalue weighted by Crippen LogP contribution is -2.57. The number of primary amides is 1.